The Kier molecular flexibility index (Phi) is 4.90. The minimum atomic E-state index is -2.68. The van der Waals surface area contributed by atoms with E-state index in [-0.39, 0.29) is 18.2 Å². The lowest BCUT2D eigenvalue weighted by Crippen LogP contribution is -2.37. The molecule has 0 aliphatic carbocycles. The summed E-state index contributed by atoms with van der Waals surface area (Å²) in [7, 11) is 0. The van der Waals surface area contributed by atoms with Crippen LogP contribution in [-0.2, 0) is 0 Å². The average Bonchev–Trinajstić information content (AvgIpc) is 2.25. The van der Waals surface area contributed by atoms with E-state index in [1.165, 1.54) is 6.07 Å². The SMILES string of the molecule is Cc1cc(C(=O)N(CCO)CC(F)F)nc(N)n1. The molecule has 1 aromatic heterocycles. The molecular weight excluding hydrogens is 246 g/mol. The molecule has 0 unspecified atom stereocenters. The van der Waals surface area contributed by atoms with Crippen molar-refractivity contribution < 1.29 is 18.7 Å². The predicted molar refractivity (Wildman–Crippen MR) is 60.2 cm³/mol. The van der Waals surface area contributed by atoms with Gasteiger partial charge in [-0.05, 0) is 13.0 Å². The van der Waals surface area contributed by atoms with Crippen LogP contribution >= 0.6 is 0 Å². The second kappa shape index (κ2) is 6.20. The highest BCUT2D eigenvalue weighted by molar-refractivity contribution is 5.92. The quantitative estimate of drug-likeness (QED) is 0.781. The number of nitrogens with zero attached hydrogens (tertiary/aromatic N) is 3. The number of aliphatic hydroxyl groups excluding tert-OH is 1. The molecule has 8 heteroatoms. The van der Waals surface area contributed by atoms with E-state index in [1.807, 2.05) is 0 Å². The fourth-order valence-electron chi connectivity index (χ4n) is 1.43. The van der Waals surface area contributed by atoms with Crippen molar-refractivity contribution in [2.75, 3.05) is 25.4 Å². The van der Waals surface area contributed by atoms with Gasteiger partial charge in [0.2, 0.25) is 5.95 Å². The second-order valence-corrected chi connectivity index (χ2v) is 3.62. The zero-order chi connectivity index (χ0) is 13.7. The summed E-state index contributed by atoms with van der Waals surface area (Å²) in [6.45, 7) is 0.255. The summed E-state index contributed by atoms with van der Waals surface area (Å²) >= 11 is 0. The number of aromatic nitrogens is 2. The van der Waals surface area contributed by atoms with Crippen molar-refractivity contribution >= 4 is 11.9 Å². The van der Waals surface area contributed by atoms with E-state index in [4.69, 9.17) is 10.8 Å². The van der Waals surface area contributed by atoms with Gasteiger partial charge in [0.15, 0.2) is 0 Å². The number of hydrogen-bond donors (Lipinski definition) is 2. The summed E-state index contributed by atoms with van der Waals surface area (Å²) < 4.78 is 24.6. The van der Waals surface area contributed by atoms with Crippen LogP contribution in [0.4, 0.5) is 14.7 Å². The molecule has 0 fully saturated rings. The smallest absolute Gasteiger partial charge is 0.272 e. The van der Waals surface area contributed by atoms with Crippen molar-refractivity contribution in [1.82, 2.24) is 14.9 Å². The number of rotatable bonds is 5. The lowest BCUT2D eigenvalue weighted by atomic mass is 10.3. The highest BCUT2D eigenvalue weighted by Gasteiger charge is 2.21. The van der Waals surface area contributed by atoms with E-state index in [2.05, 4.69) is 9.97 Å². The van der Waals surface area contributed by atoms with Crippen molar-refractivity contribution in [3.05, 3.63) is 17.5 Å². The van der Waals surface area contributed by atoms with Crippen molar-refractivity contribution in [2.24, 2.45) is 0 Å². The van der Waals surface area contributed by atoms with Crippen LogP contribution in [0.1, 0.15) is 16.2 Å². The first-order chi connectivity index (χ1) is 8.43. The van der Waals surface area contributed by atoms with Gasteiger partial charge in [-0.25, -0.2) is 18.7 Å². The molecule has 0 aliphatic heterocycles. The molecule has 3 N–H and O–H groups in total. The van der Waals surface area contributed by atoms with Crippen molar-refractivity contribution in [2.45, 2.75) is 13.3 Å². The predicted octanol–water partition coefficient (Wildman–Crippen LogP) is 0.0668. The number of nitrogen functional groups attached to an aromatic ring is 1. The van der Waals surface area contributed by atoms with Crippen LogP contribution in [0.15, 0.2) is 6.07 Å². The maximum absolute atomic E-state index is 12.3. The molecule has 0 aromatic carbocycles. The van der Waals surface area contributed by atoms with Gasteiger partial charge in [-0.15, -0.1) is 0 Å². The number of hydrogen-bond acceptors (Lipinski definition) is 5. The molecule has 100 valence electrons. The number of alkyl halides is 2. The fraction of sp³-hybridized carbons (Fsp3) is 0.500. The zero-order valence-corrected chi connectivity index (χ0v) is 9.81. The number of carbonyl (C=O) groups is 1. The molecule has 1 heterocycles. The third kappa shape index (κ3) is 3.88. The summed E-state index contributed by atoms with van der Waals surface area (Å²) in [5, 5.41) is 8.76. The molecule has 0 bridgehead atoms. The summed E-state index contributed by atoms with van der Waals surface area (Å²) in [5.74, 6) is -0.805. The van der Waals surface area contributed by atoms with Gasteiger partial charge in [-0.3, -0.25) is 4.79 Å². The van der Waals surface area contributed by atoms with Gasteiger partial charge < -0.3 is 15.7 Å². The van der Waals surface area contributed by atoms with E-state index in [1.54, 1.807) is 6.92 Å². The molecule has 0 aliphatic rings. The van der Waals surface area contributed by atoms with Crippen LogP contribution in [0.3, 0.4) is 0 Å². The molecule has 18 heavy (non-hydrogen) atoms. The molecule has 6 nitrogen and oxygen atoms in total. The summed E-state index contributed by atoms with van der Waals surface area (Å²) in [5.41, 5.74) is 5.79. The van der Waals surface area contributed by atoms with E-state index in [0.29, 0.717) is 5.69 Å². The number of carbonyl (C=O) groups excluding carboxylic acids is 1. The Labute approximate surface area is 102 Å². The first-order valence-corrected chi connectivity index (χ1v) is 5.23. The number of nitrogens with two attached hydrogens (primary N) is 1. The third-order valence-corrected chi connectivity index (χ3v) is 2.11. The summed E-state index contributed by atoms with van der Waals surface area (Å²) in [4.78, 5) is 20.2. The van der Waals surface area contributed by atoms with Crippen LogP contribution in [-0.4, -0.2) is 52.0 Å². The summed E-state index contributed by atoms with van der Waals surface area (Å²) in [6, 6.07) is 1.36. The Balaban J connectivity index is 2.93. The standard InChI is InChI=1S/C10H14F2N4O2/c1-6-4-7(15-10(13)14-6)9(18)16(2-3-17)5-8(11)12/h4,8,17H,2-3,5H2,1H3,(H2,13,14,15). The Hall–Kier alpha value is -1.83. The minimum absolute atomic E-state index is 0.0610. The number of halogens is 2. The van der Waals surface area contributed by atoms with E-state index in [0.717, 1.165) is 4.90 Å². The van der Waals surface area contributed by atoms with Crippen molar-refractivity contribution in [1.29, 1.82) is 0 Å². The lowest BCUT2D eigenvalue weighted by Gasteiger charge is -2.20. The van der Waals surface area contributed by atoms with Gasteiger partial charge in [0.05, 0.1) is 13.2 Å². The lowest BCUT2D eigenvalue weighted by molar-refractivity contribution is 0.0504. The minimum Gasteiger partial charge on any atom is -0.395 e. The first kappa shape index (κ1) is 14.2. The molecule has 0 radical (unpaired) electrons. The molecule has 1 amide bonds. The average molecular weight is 260 g/mol. The van der Waals surface area contributed by atoms with Crippen molar-refractivity contribution in [3.63, 3.8) is 0 Å². The monoisotopic (exact) mass is 260 g/mol. The normalized spacial score (nSPS) is 10.7. The second-order valence-electron chi connectivity index (χ2n) is 3.62. The maximum Gasteiger partial charge on any atom is 0.272 e. The molecule has 1 aromatic rings. The number of anilines is 1. The molecule has 0 saturated heterocycles. The highest BCUT2D eigenvalue weighted by Crippen LogP contribution is 2.08. The zero-order valence-electron chi connectivity index (χ0n) is 9.81. The van der Waals surface area contributed by atoms with E-state index < -0.39 is 25.5 Å². The summed E-state index contributed by atoms with van der Waals surface area (Å²) in [6.07, 6.45) is -2.68. The van der Waals surface area contributed by atoms with Crippen molar-refractivity contribution in [3.8, 4) is 0 Å². The Morgan fingerprint density at radius 1 is 1.56 bits per heavy atom. The van der Waals surface area contributed by atoms with Crippen LogP contribution in [0.5, 0.6) is 0 Å². The van der Waals surface area contributed by atoms with Gasteiger partial charge in [-0.1, -0.05) is 0 Å². The van der Waals surface area contributed by atoms with Gasteiger partial charge in [0, 0.05) is 12.2 Å². The van der Waals surface area contributed by atoms with Crippen LogP contribution in [0.2, 0.25) is 0 Å². The third-order valence-electron chi connectivity index (χ3n) is 2.11. The van der Waals surface area contributed by atoms with Crippen LogP contribution < -0.4 is 5.73 Å². The molecule has 1 rings (SSSR count). The molecule has 0 atom stereocenters. The van der Waals surface area contributed by atoms with Gasteiger partial charge in [-0.2, -0.15) is 0 Å². The van der Waals surface area contributed by atoms with Gasteiger partial charge in [0.25, 0.3) is 12.3 Å². The number of amides is 1. The van der Waals surface area contributed by atoms with E-state index >= 15 is 0 Å². The molecule has 0 spiro atoms. The fourth-order valence-corrected chi connectivity index (χ4v) is 1.43. The first-order valence-electron chi connectivity index (χ1n) is 5.23. The van der Waals surface area contributed by atoms with Crippen LogP contribution in [0.25, 0.3) is 0 Å². The number of aryl methyl sites for hydroxylation is 1. The largest absolute Gasteiger partial charge is 0.395 e. The molecular formula is C10H14F2N4O2. The topological polar surface area (TPSA) is 92.3 Å². The Morgan fingerprint density at radius 3 is 2.72 bits per heavy atom. The van der Waals surface area contributed by atoms with E-state index in [9.17, 15) is 13.6 Å². The van der Waals surface area contributed by atoms with Gasteiger partial charge >= 0.3 is 0 Å². The van der Waals surface area contributed by atoms with Gasteiger partial charge in [0.1, 0.15) is 5.69 Å². The Morgan fingerprint density at radius 2 is 2.22 bits per heavy atom. The molecule has 0 saturated carbocycles. The number of aliphatic hydroxyl groups is 1. The highest BCUT2D eigenvalue weighted by atomic mass is 19.3. The maximum atomic E-state index is 12.3. The Bertz CT molecular complexity index is 408. The van der Waals surface area contributed by atoms with Crippen LogP contribution in [0, 0.1) is 6.92 Å².